The van der Waals surface area contributed by atoms with Crippen LogP contribution in [0.4, 0.5) is 0 Å². The van der Waals surface area contributed by atoms with Crippen LogP contribution in [0.2, 0.25) is 0 Å². The van der Waals surface area contributed by atoms with Crippen molar-refractivity contribution in [2.45, 2.75) is 45.9 Å². The van der Waals surface area contributed by atoms with Gasteiger partial charge in [0.05, 0.1) is 4.87 Å². The summed E-state index contributed by atoms with van der Waals surface area (Å²) >= 11 is 2.07. The lowest BCUT2D eigenvalue weighted by Crippen LogP contribution is -2.47. The number of carbonyl (C=O) groups is 1. The van der Waals surface area contributed by atoms with Crippen molar-refractivity contribution in [3.05, 3.63) is 0 Å². The maximum Gasteiger partial charge on any atom is 0.228 e. The lowest BCUT2D eigenvalue weighted by molar-refractivity contribution is -0.138. The summed E-state index contributed by atoms with van der Waals surface area (Å²) in [7, 11) is 0. The maximum absolute atomic E-state index is 12.4. The van der Waals surface area contributed by atoms with Crippen LogP contribution in [0.1, 0.15) is 41.0 Å². The Hall–Kier alpha value is -0.220. The molecule has 1 spiro atoms. The predicted octanol–water partition coefficient (Wildman–Crippen LogP) is 2.67. The first-order valence-corrected chi connectivity index (χ1v) is 8.41. The van der Waals surface area contributed by atoms with Gasteiger partial charge in [-0.15, -0.1) is 11.8 Å². The molecule has 0 aromatic heterocycles. The molecule has 2 fully saturated rings. The minimum Gasteiger partial charge on any atom is -0.339 e. The Kier molecular flexibility index (Phi) is 4.22. The molecule has 0 aliphatic carbocycles. The van der Waals surface area contributed by atoms with Gasteiger partial charge >= 0.3 is 0 Å². The fourth-order valence-electron chi connectivity index (χ4n) is 3.13. The monoisotopic (exact) mass is 284 g/mol. The van der Waals surface area contributed by atoms with Gasteiger partial charge in [-0.3, -0.25) is 9.69 Å². The van der Waals surface area contributed by atoms with E-state index in [0.717, 1.165) is 26.1 Å². The first-order valence-electron chi connectivity index (χ1n) is 7.43. The molecule has 19 heavy (non-hydrogen) atoms. The molecule has 2 saturated heterocycles. The van der Waals surface area contributed by atoms with Crippen molar-refractivity contribution < 1.29 is 4.79 Å². The van der Waals surface area contributed by atoms with E-state index >= 15 is 0 Å². The molecule has 1 amide bonds. The third kappa shape index (κ3) is 3.10. The van der Waals surface area contributed by atoms with Crippen molar-refractivity contribution in [2.24, 2.45) is 11.3 Å². The van der Waals surface area contributed by atoms with Crippen LogP contribution in [0.3, 0.4) is 0 Å². The molecule has 0 bridgehead atoms. The Morgan fingerprint density at radius 1 is 1.32 bits per heavy atom. The van der Waals surface area contributed by atoms with Crippen molar-refractivity contribution in [1.29, 1.82) is 0 Å². The van der Waals surface area contributed by atoms with Crippen LogP contribution in [-0.2, 0) is 4.79 Å². The third-order valence-electron chi connectivity index (χ3n) is 4.03. The summed E-state index contributed by atoms with van der Waals surface area (Å²) in [6.45, 7) is 14.8. The zero-order valence-corrected chi connectivity index (χ0v) is 13.8. The van der Waals surface area contributed by atoms with E-state index in [1.165, 1.54) is 12.3 Å². The molecule has 110 valence electrons. The summed E-state index contributed by atoms with van der Waals surface area (Å²) in [5.74, 6) is 2.22. The molecular weight excluding hydrogens is 256 g/mol. The highest BCUT2D eigenvalue weighted by Gasteiger charge is 2.48. The van der Waals surface area contributed by atoms with Crippen LogP contribution in [0.25, 0.3) is 0 Å². The summed E-state index contributed by atoms with van der Waals surface area (Å²) in [5, 5.41) is 0. The molecule has 2 aliphatic rings. The highest BCUT2D eigenvalue weighted by molar-refractivity contribution is 8.00. The zero-order valence-electron chi connectivity index (χ0n) is 13.0. The summed E-state index contributed by atoms with van der Waals surface area (Å²) < 4.78 is 0. The highest BCUT2D eigenvalue weighted by atomic mass is 32.2. The molecule has 3 nitrogen and oxygen atoms in total. The molecule has 1 atom stereocenters. The van der Waals surface area contributed by atoms with E-state index in [0.29, 0.717) is 11.8 Å². The number of hydrogen-bond donors (Lipinski definition) is 0. The average molecular weight is 284 g/mol. The van der Waals surface area contributed by atoms with Crippen molar-refractivity contribution in [3.8, 4) is 0 Å². The molecule has 0 saturated carbocycles. The van der Waals surface area contributed by atoms with Crippen LogP contribution in [0.15, 0.2) is 0 Å². The largest absolute Gasteiger partial charge is 0.339 e. The first kappa shape index (κ1) is 15.2. The van der Waals surface area contributed by atoms with E-state index in [1.54, 1.807) is 0 Å². The van der Waals surface area contributed by atoms with E-state index in [1.807, 2.05) is 20.8 Å². The zero-order chi connectivity index (χ0) is 14.3. The van der Waals surface area contributed by atoms with Crippen molar-refractivity contribution in [1.82, 2.24) is 9.80 Å². The Bertz CT molecular complexity index is 351. The molecule has 2 heterocycles. The standard InChI is InChI=1S/C15H28N2OS/c1-12(2)10-17-8-9-19-15(17)6-7-16(11-15)13(18)14(3,4)5/h12H,6-11H2,1-5H3. The van der Waals surface area contributed by atoms with Crippen LogP contribution in [-0.4, -0.2) is 52.5 Å². The van der Waals surface area contributed by atoms with Gasteiger partial charge < -0.3 is 4.90 Å². The first-order chi connectivity index (χ1) is 8.74. The second kappa shape index (κ2) is 5.28. The van der Waals surface area contributed by atoms with Crippen molar-refractivity contribution in [3.63, 3.8) is 0 Å². The van der Waals surface area contributed by atoms with Gasteiger partial charge in [0.1, 0.15) is 0 Å². The normalized spacial score (nSPS) is 28.8. The summed E-state index contributed by atoms with van der Waals surface area (Å²) in [5.41, 5.74) is -0.252. The number of rotatable bonds is 2. The van der Waals surface area contributed by atoms with Gasteiger partial charge in [-0.2, -0.15) is 0 Å². The number of amides is 1. The van der Waals surface area contributed by atoms with E-state index in [9.17, 15) is 4.79 Å². The number of carbonyl (C=O) groups excluding carboxylic acids is 1. The molecular formula is C15H28N2OS. The van der Waals surface area contributed by atoms with Gasteiger partial charge in [0.2, 0.25) is 5.91 Å². The van der Waals surface area contributed by atoms with Gasteiger partial charge in [-0.05, 0) is 12.3 Å². The smallest absolute Gasteiger partial charge is 0.228 e. The highest BCUT2D eigenvalue weighted by Crippen LogP contribution is 2.44. The number of likely N-dealkylation sites (tertiary alicyclic amines) is 1. The fourth-order valence-corrected chi connectivity index (χ4v) is 4.65. The van der Waals surface area contributed by atoms with Crippen LogP contribution < -0.4 is 0 Å². The second-order valence-corrected chi connectivity index (χ2v) is 8.82. The van der Waals surface area contributed by atoms with Gasteiger partial charge in [-0.25, -0.2) is 0 Å². The van der Waals surface area contributed by atoms with Crippen LogP contribution in [0.5, 0.6) is 0 Å². The van der Waals surface area contributed by atoms with E-state index in [-0.39, 0.29) is 10.3 Å². The van der Waals surface area contributed by atoms with Gasteiger partial charge in [0, 0.05) is 37.3 Å². The third-order valence-corrected chi connectivity index (χ3v) is 5.55. The van der Waals surface area contributed by atoms with Crippen molar-refractivity contribution >= 4 is 17.7 Å². The quantitative estimate of drug-likeness (QED) is 0.779. The minimum absolute atomic E-state index is 0.213. The number of hydrogen-bond acceptors (Lipinski definition) is 3. The lowest BCUT2D eigenvalue weighted by Gasteiger charge is -2.35. The number of thioether (sulfide) groups is 1. The molecule has 2 rings (SSSR count). The summed E-state index contributed by atoms with van der Waals surface area (Å²) in [6, 6.07) is 0. The Morgan fingerprint density at radius 3 is 2.58 bits per heavy atom. The molecule has 0 N–H and O–H groups in total. The molecule has 4 heteroatoms. The maximum atomic E-state index is 12.4. The van der Waals surface area contributed by atoms with E-state index in [4.69, 9.17) is 0 Å². The second-order valence-electron chi connectivity index (χ2n) is 7.36. The van der Waals surface area contributed by atoms with Crippen LogP contribution >= 0.6 is 11.8 Å². The molecule has 0 aromatic rings. The summed E-state index contributed by atoms with van der Waals surface area (Å²) in [4.78, 5) is 17.4. The van der Waals surface area contributed by atoms with Gasteiger partial charge in [0.15, 0.2) is 0 Å². The van der Waals surface area contributed by atoms with Gasteiger partial charge in [0.25, 0.3) is 0 Å². The lowest BCUT2D eigenvalue weighted by atomic mass is 9.95. The van der Waals surface area contributed by atoms with E-state index in [2.05, 4.69) is 35.4 Å². The predicted molar refractivity (Wildman–Crippen MR) is 82.3 cm³/mol. The SMILES string of the molecule is CC(C)CN1CCSC12CCN(C(=O)C(C)(C)C)C2. The molecule has 0 radical (unpaired) electrons. The fraction of sp³-hybridized carbons (Fsp3) is 0.933. The topological polar surface area (TPSA) is 23.6 Å². The molecule has 1 unspecified atom stereocenters. The molecule has 0 aromatic carbocycles. The van der Waals surface area contributed by atoms with Crippen LogP contribution in [0, 0.1) is 11.3 Å². The van der Waals surface area contributed by atoms with E-state index < -0.39 is 0 Å². The Morgan fingerprint density at radius 2 is 2.00 bits per heavy atom. The van der Waals surface area contributed by atoms with Gasteiger partial charge in [-0.1, -0.05) is 34.6 Å². The Balaban J connectivity index is 2.05. The molecule has 2 aliphatic heterocycles. The number of nitrogens with zero attached hydrogens (tertiary/aromatic N) is 2. The minimum atomic E-state index is -0.252. The Labute approximate surface area is 122 Å². The summed E-state index contributed by atoms with van der Waals surface area (Å²) in [6.07, 6.45) is 1.13. The average Bonchev–Trinajstić information content (AvgIpc) is 2.85. The van der Waals surface area contributed by atoms with Crippen molar-refractivity contribution in [2.75, 3.05) is 31.9 Å².